The number of nitrogens with zero attached hydrogens (tertiary/aromatic N) is 1. The Kier molecular flexibility index (Phi) is 9.41. The van der Waals surface area contributed by atoms with Crippen molar-refractivity contribution in [2.45, 2.75) is 38.5 Å². The van der Waals surface area contributed by atoms with Crippen LogP contribution in [0.5, 0.6) is 5.75 Å². The van der Waals surface area contributed by atoms with E-state index in [0.29, 0.717) is 11.3 Å². The minimum atomic E-state index is -1.10. The standard InChI is InChI=1S/C29H33N3O5S/c1-5-16-32(27(35)24(18-38)31-28(36)37-29(2,3)4)25(20-11-14-23(33)15-12-20)26(34)30-22-13-10-19-8-6-7-9-21(19)17-22/h5-15,17,24-25,33,38H,1,16,18H2,2-4H3,(H,30,34)(H,31,36). The van der Waals surface area contributed by atoms with E-state index in [1.165, 1.54) is 23.1 Å². The van der Waals surface area contributed by atoms with E-state index in [1.54, 1.807) is 39.0 Å². The maximum atomic E-state index is 13.7. The third-order valence-electron chi connectivity index (χ3n) is 5.57. The number of alkyl carbamates (subject to hydrolysis) is 1. The lowest BCUT2D eigenvalue weighted by molar-refractivity contribution is -0.139. The van der Waals surface area contributed by atoms with Gasteiger partial charge in [0.25, 0.3) is 5.91 Å². The second-order valence-electron chi connectivity index (χ2n) is 9.71. The summed E-state index contributed by atoms with van der Waals surface area (Å²) in [4.78, 5) is 41.2. The number of hydrogen-bond donors (Lipinski definition) is 4. The van der Waals surface area contributed by atoms with Gasteiger partial charge >= 0.3 is 6.09 Å². The Balaban J connectivity index is 1.95. The largest absolute Gasteiger partial charge is 0.508 e. The van der Waals surface area contributed by atoms with Crippen LogP contribution in [0.3, 0.4) is 0 Å². The van der Waals surface area contributed by atoms with Crippen LogP contribution in [-0.4, -0.2) is 51.9 Å². The van der Waals surface area contributed by atoms with Crippen molar-refractivity contribution in [2.75, 3.05) is 17.6 Å². The molecule has 200 valence electrons. The van der Waals surface area contributed by atoms with E-state index in [2.05, 4.69) is 29.8 Å². The van der Waals surface area contributed by atoms with Crippen molar-refractivity contribution in [3.8, 4) is 5.75 Å². The van der Waals surface area contributed by atoms with Crippen molar-refractivity contribution >= 4 is 47.0 Å². The lowest BCUT2D eigenvalue weighted by atomic mass is 10.0. The van der Waals surface area contributed by atoms with Gasteiger partial charge in [0.1, 0.15) is 23.4 Å². The average molecular weight is 536 g/mol. The molecule has 0 radical (unpaired) electrons. The Morgan fingerprint density at radius 1 is 1.05 bits per heavy atom. The molecule has 0 bridgehead atoms. The second-order valence-corrected chi connectivity index (χ2v) is 10.1. The van der Waals surface area contributed by atoms with Crippen molar-refractivity contribution in [3.63, 3.8) is 0 Å². The van der Waals surface area contributed by atoms with E-state index in [-0.39, 0.29) is 18.0 Å². The number of amides is 3. The van der Waals surface area contributed by atoms with Gasteiger partial charge in [-0.15, -0.1) is 6.58 Å². The molecule has 3 aromatic rings. The molecule has 38 heavy (non-hydrogen) atoms. The van der Waals surface area contributed by atoms with Crippen molar-refractivity contribution in [3.05, 3.63) is 84.9 Å². The lowest BCUT2D eigenvalue weighted by Gasteiger charge is -2.33. The molecular formula is C29H33N3O5S. The average Bonchev–Trinajstić information content (AvgIpc) is 2.86. The van der Waals surface area contributed by atoms with Gasteiger partial charge in [0.2, 0.25) is 5.91 Å². The molecule has 0 aliphatic carbocycles. The fourth-order valence-electron chi connectivity index (χ4n) is 3.90. The first-order chi connectivity index (χ1) is 18.0. The summed E-state index contributed by atoms with van der Waals surface area (Å²) in [5.74, 6) is -1.03. The molecule has 9 heteroatoms. The first kappa shape index (κ1) is 28.6. The monoisotopic (exact) mass is 535 g/mol. The fraction of sp³-hybridized carbons (Fsp3) is 0.276. The van der Waals surface area contributed by atoms with Crippen molar-refractivity contribution in [1.82, 2.24) is 10.2 Å². The van der Waals surface area contributed by atoms with Crippen molar-refractivity contribution in [2.24, 2.45) is 0 Å². The van der Waals surface area contributed by atoms with Gasteiger partial charge in [0, 0.05) is 18.0 Å². The molecule has 2 atom stereocenters. The van der Waals surface area contributed by atoms with E-state index in [4.69, 9.17) is 4.74 Å². The van der Waals surface area contributed by atoms with Crippen LogP contribution in [0.2, 0.25) is 0 Å². The molecule has 0 aliphatic heterocycles. The number of ether oxygens (including phenoxy) is 1. The maximum Gasteiger partial charge on any atom is 0.408 e. The number of rotatable bonds is 9. The Hall–Kier alpha value is -3.98. The summed E-state index contributed by atoms with van der Waals surface area (Å²) in [6.07, 6.45) is 0.725. The molecule has 0 aliphatic rings. The Labute approximate surface area is 228 Å². The summed E-state index contributed by atoms with van der Waals surface area (Å²) >= 11 is 4.26. The number of hydrogen-bond acceptors (Lipinski definition) is 6. The highest BCUT2D eigenvalue weighted by Gasteiger charge is 2.35. The number of anilines is 1. The number of benzene rings is 3. The van der Waals surface area contributed by atoms with Gasteiger partial charge in [-0.25, -0.2) is 4.79 Å². The zero-order chi connectivity index (χ0) is 27.9. The SMILES string of the molecule is C=CCN(C(=O)C(CS)NC(=O)OC(C)(C)C)C(C(=O)Nc1ccc2ccccc2c1)c1ccc(O)cc1. The molecule has 3 aromatic carbocycles. The molecule has 3 N–H and O–H groups in total. The van der Waals surface area contributed by atoms with E-state index < -0.39 is 35.6 Å². The van der Waals surface area contributed by atoms with Gasteiger partial charge in [0.15, 0.2) is 0 Å². The van der Waals surface area contributed by atoms with Gasteiger partial charge in [-0.1, -0.05) is 48.5 Å². The highest BCUT2D eigenvalue weighted by atomic mass is 32.1. The number of aromatic hydroxyl groups is 1. The molecule has 3 amide bonds. The van der Waals surface area contributed by atoms with Crippen LogP contribution in [0.25, 0.3) is 10.8 Å². The molecule has 8 nitrogen and oxygen atoms in total. The van der Waals surface area contributed by atoms with Gasteiger partial charge in [-0.3, -0.25) is 9.59 Å². The van der Waals surface area contributed by atoms with Gasteiger partial charge in [0.05, 0.1) is 0 Å². The molecule has 3 rings (SSSR count). The first-order valence-electron chi connectivity index (χ1n) is 12.1. The van der Waals surface area contributed by atoms with Crippen LogP contribution in [0.15, 0.2) is 79.4 Å². The number of phenols is 1. The van der Waals surface area contributed by atoms with Crippen LogP contribution in [0, 0.1) is 0 Å². The van der Waals surface area contributed by atoms with E-state index in [0.717, 1.165) is 10.8 Å². The number of phenolic OH excluding ortho intramolecular Hbond substituents is 1. The van der Waals surface area contributed by atoms with Gasteiger partial charge in [-0.2, -0.15) is 12.6 Å². The highest BCUT2D eigenvalue weighted by molar-refractivity contribution is 7.80. The zero-order valence-corrected chi connectivity index (χ0v) is 22.6. The quantitative estimate of drug-likeness (QED) is 0.226. The molecule has 0 saturated carbocycles. The summed E-state index contributed by atoms with van der Waals surface area (Å²) in [5, 5.41) is 17.2. The number of fused-ring (bicyclic) bond motifs is 1. The Bertz CT molecular complexity index is 1300. The predicted octanol–water partition coefficient (Wildman–Crippen LogP) is 5.06. The molecule has 0 spiro atoms. The van der Waals surface area contributed by atoms with Gasteiger partial charge < -0.3 is 25.4 Å². The van der Waals surface area contributed by atoms with E-state index in [9.17, 15) is 19.5 Å². The highest BCUT2D eigenvalue weighted by Crippen LogP contribution is 2.27. The second kappa shape index (κ2) is 12.5. The normalized spacial score (nSPS) is 12.7. The number of nitrogens with one attached hydrogen (secondary N) is 2. The summed E-state index contributed by atoms with van der Waals surface area (Å²) in [6, 6.07) is 17.1. The van der Waals surface area contributed by atoms with E-state index in [1.807, 2.05) is 36.4 Å². The fourth-order valence-corrected chi connectivity index (χ4v) is 4.15. The molecule has 0 fully saturated rings. The smallest absolute Gasteiger partial charge is 0.408 e. The zero-order valence-electron chi connectivity index (χ0n) is 21.7. The Morgan fingerprint density at radius 3 is 2.32 bits per heavy atom. The van der Waals surface area contributed by atoms with Gasteiger partial charge in [-0.05, 0) is 61.4 Å². The van der Waals surface area contributed by atoms with Crippen LogP contribution < -0.4 is 10.6 Å². The molecule has 0 aromatic heterocycles. The van der Waals surface area contributed by atoms with Crippen LogP contribution >= 0.6 is 12.6 Å². The van der Waals surface area contributed by atoms with Crippen molar-refractivity contribution in [1.29, 1.82) is 0 Å². The first-order valence-corrected chi connectivity index (χ1v) is 12.8. The maximum absolute atomic E-state index is 13.7. The molecule has 2 unspecified atom stereocenters. The van der Waals surface area contributed by atoms with Crippen LogP contribution in [0.4, 0.5) is 10.5 Å². The van der Waals surface area contributed by atoms with E-state index >= 15 is 0 Å². The molecular weight excluding hydrogens is 502 g/mol. The predicted molar refractivity (Wildman–Crippen MR) is 152 cm³/mol. The third kappa shape index (κ3) is 7.52. The lowest BCUT2D eigenvalue weighted by Crippen LogP contribution is -2.53. The van der Waals surface area contributed by atoms with Crippen LogP contribution in [-0.2, 0) is 14.3 Å². The minimum absolute atomic E-state index is 0.00972. The third-order valence-corrected chi connectivity index (χ3v) is 5.93. The summed E-state index contributed by atoms with van der Waals surface area (Å²) in [6.45, 7) is 8.90. The molecule has 0 saturated heterocycles. The Morgan fingerprint density at radius 2 is 1.71 bits per heavy atom. The summed E-state index contributed by atoms with van der Waals surface area (Å²) in [7, 11) is 0. The summed E-state index contributed by atoms with van der Waals surface area (Å²) < 4.78 is 5.30. The van der Waals surface area contributed by atoms with Crippen LogP contribution in [0.1, 0.15) is 32.4 Å². The number of carbonyl (C=O) groups excluding carboxylic acids is 3. The minimum Gasteiger partial charge on any atom is -0.508 e. The number of carbonyl (C=O) groups is 3. The topological polar surface area (TPSA) is 108 Å². The van der Waals surface area contributed by atoms with Crippen molar-refractivity contribution < 1.29 is 24.2 Å². The number of thiol groups is 1. The summed E-state index contributed by atoms with van der Waals surface area (Å²) in [5.41, 5.74) is 0.260. The molecule has 0 heterocycles.